The molecule has 106 valence electrons. The number of rotatable bonds is 6. The van der Waals surface area contributed by atoms with Gasteiger partial charge in [0.05, 0.1) is 5.02 Å². The predicted molar refractivity (Wildman–Crippen MR) is 80.4 cm³/mol. The van der Waals surface area contributed by atoms with Crippen LogP contribution < -0.4 is 5.32 Å². The van der Waals surface area contributed by atoms with Crippen molar-refractivity contribution in [3.05, 3.63) is 64.7 Å². The van der Waals surface area contributed by atoms with E-state index in [0.29, 0.717) is 0 Å². The van der Waals surface area contributed by atoms with Gasteiger partial charge >= 0.3 is 0 Å². The number of nitrogens with one attached hydrogen (secondary N) is 1. The molecule has 0 aliphatic rings. The third kappa shape index (κ3) is 4.02. The number of halogens is 2. The number of aromatic nitrogens is 1. The van der Waals surface area contributed by atoms with Crippen LogP contribution in [0.4, 0.5) is 4.39 Å². The van der Waals surface area contributed by atoms with E-state index in [1.165, 1.54) is 6.07 Å². The Morgan fingerprint density at radius 1 is 1.35 bits per heavy atom. The van der Waals surface area contributed by atoms with Gasteiger partial charge in [0.1, 0.15) is 5.82 Å². The Morgan fingerprint density at radius 3 is 2.85 bits per heavy atom. The Hall–Kier alpha value is -1.45. The summed E-state index contributed by atoms with van der Waals surface area (Å²) in [6.07, 6.45) is 5.43. The summed E-state index contributed by atoms with van der Waals surface area (Å²) in [6, 6.07) is 9.01. The zero-order chi connectivity index (χ0) is 14.4. The summed E-state index contributed by atoms with van der Waals surface area (Å²) in [6.45, 7) is 3.05. The van der Waals surface area contributed by atoms with E-state index >= 15 is 0 Å². The molecule has 0 amide bonds. The van der Waals surface area contributed by atoms with Gasteiger partial charge in [-0.3, -0.25) is 4.98 Å². The minimum absolute atomic E-state index is 0.158. The van der Waals surface area contributed by atoms with Crippen molar-refractivity contribution in [3.63, 3.8) is 0 Å². The number of benzene rings is 1. The van der Waals surface area contributed by atoms with Crippen molar-refractivity contribution in [2.45, 2.75) is 25.8 Å². The van der Waals surface area contributed by atoms with Crippen LogP contribution in [0, 0.1) is 5.82 Å². The molecule has 0 aliphatic heterocycles. The molecule has 1 atom stereocenters. The van der Waals surface area contributed by atoms with E-state index in [0.717, 1.165) is 30.5 Å². The summed E-state index contributed by atoms with van der Waals surface area (Å²) in [4.78, 5) is 4.16. The second kappa shape index (κ2) is 7.36. The molecule has 0 bridgehead atoms. The van der Waals surface area contributed by atoms with Crippen molar-refractivity contribution < 1.29 is 4.39 Å². The van der Waals surface area contributed by atoms with Crippen molar-refractivity contribution in [1.82, 2.24) is 10.3 Å². The molecule has 0 aliphatic carbocycles. The van der Waals surface area contributed by atoms with Crippen LogP contribution in [0.15, 0.2) is 42.7 Å². The van der Waals surface area contributed by atoms with E-state index in [2.05, 4.69) is 17.2 Å². The highest BCUT2D eigenvalue weighted by molar-refractivity contribution is 6.30. The van der Waals surface area contributed by atoms with Crippen molar-refractivity contribution in [1.29, 1.82) is 0 Å². The maximum atomic E-state index is 13.2. The summed E-state index contributed by atoms with van der Waals surface area (Å²) in [7, 11) is 0. The third-order valence-electron chi connectivity index (χ3n) is 3.15. The minimum Gasteiger partial charge on any atom is -0.310 e. The summed E-state index contributed by atoms with van der Waals surface area (Å²) >= 11 is 5.84. The normalized spacial score (nSPS) is 12.3. The summed E-state index contributed by atoms with van der Waals surface area (Å²) in [5, 5.41) is 3.66. The Morgan fingerprint density at radius 2 is 2.20 bits per heavy atom. The highest BCUT2D eigenvalue weighted by atomic mass is 35.5. The molecule has 0 fully saturated rings. The zero-order valence-electron chi connectivity index (χ0n) is 11.4. The van der Waals surface area contributed by atoms with Gasteiger partial charge in [-0.25, -0.2) is 4.39 Å². The molecular weight excluding hydrogens is 275 g/mol. The summed E-state index contributed by atoms with van der Waals surface area (Å²) in [5.41, 5.74) is 2.13. The van der Waals surface area contributed by atoms with Crippen LogP contribution in [-0.4, -0.2) is 11.5 Å². The van der Waals surface area contributed by atoms with Gasteiger partial charge < -0.3 is 5.32 Å². The summed E-state index contributed by atoms with van der Waals surface area (Å²) < 4.78 is 13.2. The second-order valence-corrected chi connectivity index (χ2v) is 5.15. The van der Waals surface area contributed by atoms with Crippen LogP contribution in [0.1, 0.15) is 30.5 Å². The maximum absolute atomic E-state index is 13.2. The van der Waals surface area contributed by atoms with Crippen molar-refractivity contribution in [2.24, 2.45) is 0 Å². The first-order valence-electron chi connectivity index (χ1n) is 6.78. The van der Waals surface area contributed by atoms with E-state index in [4.69, 9.17) is 11.6 Å². The van der Waals surface area contributed by atoms with Gasteiger partial charge in [-0.15, -0.1) is 0 Å². The lowest BCUT2D eigenvalue weighted by molar-refractivity contribution is 0.527. The summed E-state index contributed by atoms with van der Waals surface area (Å²) in [5.74, 6) is -0.380. The smallest absolute Gasteiger partial charge is 0.141 e. The largest absolute Gasteiger partial charge is 0.310 e. The number of hydrogen-bond donors (Lipinski definition) is 1. The molecular formula is C16H18ClFN2. The predicted octanol–water partition coefficient (Wildman–Crippen LogP) is 4.16. The third-order valence-corrected chi connectivity index (χ3v) is 3.44. The Balaban J connectivity index is 2.17. The topological polar surface area (TPSA) is 24.9 Å². The number of hydrogen-bond acceptors (Lipinski definition) is 2. The molecule has 0 radical (unpaired) electrons. The average Bonchev–Trinajstić information content (AvgIpc) is 2.48. The Bertz CT molecular complexity index is 545. The zero-order valence-corrected chi connectivity index (χ0v) is 12.2. The lowest BCUT2D eigenvalue weighted by Gasteiger charge is -2.19. The molecule has 2 aromatic rings. The fraction of sp³-hybridized carbons (Fsp3) is 0.312. The van der Waals surface area contributed by atoms with E-state index < -0.39 is 0 Å². The van der Waals surface area contributed by atoms with Gasteiger partial charge in [-0.2, -0.15) is 0 Å². The minimum atomic E-state index is -0.380. The maximum Gasteiger partial charge on any atom is 0.141 e. The second-order valence-electron chi connectivity index (χ2n) is 4.75. The molecule has 1 aromatic carbocycles. The SMILES string of the molecule is CCCNC(Cc1ccc(F)c(Cl)c1)c1cccnc1. The van der Waals surface area contributed by atoms with Crippen LogP contribution in [0.25, 0.3) is 0 Å². The fourth-order valence-corrected chi connectivity index (χ4v) is 2.31. The van der Waals surface area contributed by atoms with Crippen LogP contribution in [0.5, 0.6) is 0 Å². The van der Waals surface area contributed by atoms with Crippen LogP contribution in [-0.2, 0) is 6.42 Å². The van der Waals surface area contributed by atoms with Crippen molar-refractivity contribution in [2.75, 3.05) is 6.54 Å². The molecule has 1 N–H and O–H groups in total. The van der Waals surface area contributed by atoms with Gasteiger partial charge in [0, 0.05) is 18.4 Å². The molecule has 0 saturated heterocycles. The molecule has 4 heteroatoms. The molecule has 0 saturated carbocycles. The van der Waals surface area contributed by atoms with Crippen LogP contribution in [0.2, 0.25) is 5.02 Å². The first-order chi connectivity index (χ1) is 9.70. The Labute approximate surface area is 124 Å². The van der Waals surface area contributed by atoms with Crippen LogP contribution >= 0.6 is 11.6 Å². The van der Waals surface area contributed by atoms with Gasteiger partial charge in [0.25, 0.3) is 0 Å². The molecule has 1 unspecified atom stereocenters. The lowest BCUT2D eigenvalue weighted by Crippen LogP contribution is -2.24. The van der Waals surface area contributed by atoms with Gasteiger partial charge in [-0.1, -0.05) is 30.7 Å². The molecule has 0 spiro atoms. The molecule has 1 heterocycles. The molecule has 2 nitrogen and oxygen atoms in total. The van der Waals surface area contributed by atoms with Crippen LogP contribution in [0.3, 0.4) is 0 Å². The highest BCUT2D eigenvalue weighted by Gasteiger charge is 2.12. The standard InChI is InChI=1S/C16H18ClFN2/c1-2-7-20-16(13-4-3-8-19-11-13)10-12-5-6-15(18)14(17)9-12/h3-6,8-9,11,16,20H,2,7,10H2,1H3. The lowest BCUT2D eigenvalue weighted by atomic mass is 10.00. The van der Waals surface area contributed by atoms with Crippen molar-refractivity contribution in [3.8, 4) is 0 Å². The average molecular weight is 293 g/mol. The van der Waals surface area contributed by atoms with Gasteiger partial charge in [-0.05, 0) is 48.7 Å². The van der Waals surface area contributed by atoms with E-state index in [9.17, 15) is 4.39 Å². The molecule has 1 aromatic heterocycles. The quantitative estimate of drug-likeness (QED) is 0.865. The molecule has 2 rings (SSSR count). The number of pyridine rings is 1. The Kier molecular flexibility index (Phi) is 5.50. The molecule has 20 heavy (non-hydrogen) atoms. The first-order valence-corrected chi connectivity index (χ1v) is 7.15. The fourth-order valence-electron chi connectivity index (χ4n) is 2.11. The van der Waals surface area contributed by atoms with Gasteiger partial charge in [0.2, 0.25) is 0 Å². The van der Waals surface area contributed by atoms with E-state index in [1.54, 1.807) is 18.3 Å². The highest BCUT2D eigenvalue weighted by Crippen LogP contribution is 2.22. The number of nitrogens with zero attached hydrogens (tertiary/aromatic N) is 1. The van der Waals surface area contributed by atoms with Gasteiger partial charge in [0.15, 0.2) is 0 Å². The monoisotopic (exact) mass is 292 g/mol. The van der Waals surface area contributed by atoms with E-state index in [1.807, 2.05) is 18.3 Å². The van der Waals surface area contributed by atoms with E-state index in [-0.39, 0.29) is 16.9 Å². The first kappa shape index (κ1) is 14.9. The van der Waals surface area contributed by atoms with Crippen molar-refractivity contribution >= 4 is 11.6 Å².